The highest BCUT2D eigenvalue weighted by atomic mass is 32.2. The first-order valence-electron chi connectivity index (χ1n) is 8.83. The van der Waals surface area contributed by atoms with Crippen LogP contribution in [0.25, 0.3) is 0 Å². The topological polar surface area (TPSA) is 136 Å². The van der Waals surface area contributed by atoms with Gasteiger partial charge in [-0.1, -0.05) is 0 Å². The minimum absolute atomic E-state index is 0.0184. The molecule has 1 aliphatic rings. The molecule has 0 unspecified atom stereocenters. The molecule has 1 fully saturated rings. The van der Waals surface area contributed by atoms with Crippen molar-refractivity contribution in [2.24, 2.45) is 5.73 Å². The molecule has 162 valence electrons. The first kappa shape index (κ1) is 22.2. The number of benzene rings is 2. The van der Waals surface area contributed by atoms with Crippen LogP contribution in [-0.2, 0) is 24.8 Å². The zero-order valence-electron chi connectivity index (χ0n) is 16.0. The van der Waals surface area contributed by atoms with Crippen molar-refractivity contribution in [3.63, 3.8) is 0 Å². The van der Waals surface area contributed by atoms with Gasteiger partial charge in [-0.3, -0.25) is 9.52 Å². The fourth-order valence-corrected chi connectivity index (χ4v) is 5.38. The monoisotopic (exact) mass is 457 g/mol. The number of primary amides is 1. The van der Waals surface area contributed by atoms with Crippen LogP contribution in [-0.4, -0.2) is 53.4 Å². The summed E-state index contributed by atoms with van der Waals surface area (Å²) in [6, 6.07) is 6.70. The summed E-state index contributed by atoms with van der Waals surface area (Å²) in [5, 5.41) is 0. The number of morpholine rings is 1. The number of anilines is 1. The molecular formula is C18H20FN3O6S2. The zero-order chi connectivity index (χ0) is 22.1. The molecular weight excluding hydrogens is 437 g/mol. The number of hydrogen-bond donors (Lipinski definition) is 2. The van der Waals surface area contributed by atoms with Gasteiger partial charge in [-0.2, -0.15) is 4.31 Å². The standard InChI is InChI=1S/C18H20FN3O6S2/c1-12-16(19)10-13(18(20)23)11-17(12)21-29(24,25)14-2-4-15(5-3-14)30(26,27)22-6-8-28-9-7-22/h2-5,10-11,21H,6-9H2,1H3,(H2,20,23). The summed E-state index contributed by atoms with van der Waals surface area (Å²) in [6.45, 7) is 2.34. The molecule has 2 aromatic rings. The second kappa shape index (κ2) is 8.30. The average molecular weight is 458 g/mol. The molecule has 0 aliphatic carbocycles. The maximum absolute atomic E-state index is 14.0. The predicted octanol–water partition coefficient (Wildman–Crippen LogP) is 1.05. The van der Waals surface area contributed by atoms with E-state index in [-0.39, 0.29) is 52.9 Å². The molecule has 0 radical (unpaired) electrons. The molecule has 0 saturated carbocycles. The van der Waals surface area contributed by atoms with Gasteiger partial charge in [-0.15, -0.1) is 0 Å². The number of halogens is 1. The lowest BCUT2D eigenvalue weighted by Gasteiger charge is -2.26. The van der Waals surface area contributed by atoms with Gasteiger partial charge < -0.3 is 10.5 Å². The van der Waals surface area contributed by atoms with Crippen molar-refractivity contribution in [1.82, 2.24) is 4.31 Å². The number of nitrogens with two attached hydrogens (primary N) is 1. The summed E-state index contributed by atoms with van der Waals surface area (Å²) < 4.78 is 73.3. The summed E-state index contributed by atoms with van der Waals surface area (Å²) in [4.78, 5) is 11.0. The molecule has 9 nitrogen and oxygen atoms in total. The Morgan fingerprint density at radius 2 is 1.63 bits per heavy atom. The molecule has 3 N–H and O–H groups in total. The van der Waals surface area contributed by atoms with Crippen LogP contribution in [0.5, 0.6) is 0 Å². The smallest absolute Gasteiger partial charge is 0.261 e. The third-order valence-corrected chi connectivity index (χ3v) is 7.91. The van der Waals surface area contributed by atoms with Crippen LogP contribution in [0.15, 0.2) is 46.2 Å². The van der Waals surface area contributed by atoms with Gasteiger partial charge in [0.2, 0.25) is 15.9 Å². The molecule has 12 heteroatoms. The third kappa shape index (κ3) is 4.46. The zero-order valence-corrected chi connectivity index (χ0v) is 17.6. The number of sulfonamides is 2. The van der Waals surface area contributed by atoms with E-state index in [0.29, 0.717) is 0 Å². The van der Waals surface area contributed by atoms with E-state index in [1.165, 1.54) is 23.4 Å². The lowest BCUT2D eigenvalue weighted by atomic mass is 10.1. The number of nitrogens with zero attached hydrogens (tertiary/aromatic N) is 1. The number of carbonyl (C=O) groups is 1. The largest absolute Gasteiger partial charge is 0.379 e. The lowest BCUT2D eigenvalue weighted by molar-refractivity contribution is 0.0730. The van der Waals surface area contributed by atoms with Crippen LogP contribution in [0.2, 0.25) is 0 Å². The van der Waals surface area contributed by atoms with E-state index >= 15 is 0 Å². The van der Waals surface area contributed by atoms with Crippen molar-refractivity contribution >= 4 is 31.6 Å². The molecule has 1 heterocycles. The minimum atomic E-state index is -4.18. The molecule has 1 saturated heterocycles. The summed E-state index contributed by atoms with van der Waals surface area (Å²) in [7, 11) is -7.95. The van der Waals surface area contributed by atoms with Crippen molar-refractivity contribution in [2.75, 3.05) is 31.0 Å². The first-order chi connectivity index (χ1) is 14.0. The van der Waals surface area contributed by atoms with E-state index < -0.39 is 31.8 Å². The van der Waals surface area contributed by atoms with Gasteiger partial charge in [0, 0.05) is 24.2 Å². The highest BCUT2D eigenvalue weighted by Crippen LogP contribution is 2.25. The van der Waals surface area contributed by atoms with Gasteiger partial charge in [-0.05, 0) is 43.3 Å². The van der Waals surface area contributed by atoms with Crippen molar-refractivity contribution in [3.05, 3.63) is 53.3 Å². The summed E-state index contributed by atoms with van der Waals surface area (Å²) in [5.74, 6) is -1.71. The number of rotatable bonds is 6. The van der Waals surface area contributed by atoms with Crippen molar-refractivity contribution in [3.8, 4) is 0 Å². The van der Waals surface area contributed by atoms with Gasteiger partial charge in [0.05, 0.1) is 28.7 Å². The Morgan fingerprint density at radius 3 is 2.20 bits per heavy atom. The van der Waals surface area contributed by atoms with Gasteiger partial charge >= 0.3 is 0 Å². The average Bonchev–Trinajstić information content (AvgIpc) is 2.71. The van der Waals surface area contributed by atoms with Crippen LogP contribution in [0.1, 0.15) is 15.9 Å². The van der Waals surface area contributed by atoms with Gasteiger partial charge in [0.1, 0.15) is 5.82 Å². The second-order valence-electron chi connectivity index (χ2n) is 6.59. The Kier molecular flexibility index (Phi) is 6.13. The van der Waals surface area contributed by atoms with Crippen LogP contribution in [0.3, 0.4) is 0 Å². The number of carbonyl (C=O) groups excluding carboxylic acids is 1. The Morgan fingerprint density at radius 1 is 1.07 bits per heavy atom. The SMILES string of the molecule is Cc1c(F)cc(C(N)=O)cc1NS(=O)(=O)c1ccc(S(=O)(=O)N2CCOCC2)cc1. The van der Waals surface area contributed by atoms with Gasteiger partial charge in [0.15, 0.2) is 0 Å². The Hall–Kier alpha value is -2.54. The molecule has 0 atom stereocenters. The minimum Gasteiger partial charge on any atom is -0.379 e. The Labute approximate surface area is 173 Å². The molecule has 1 amide bonds. The van der Waals surface area contributed by atoms with Crippen molar-refractivity contribution in [2.45, 2.75) is 16.7 Å². The lowest BCUT2D eigenvalue weighted by Crippen LogP contribution is -2.40. The molecule has 0 bridgehead atoms. The van der Waals surface area contributed by atoms with Gasteiger partial charge in [-0.25, -0.2) is 21.2 Å². The highest BCUT2D eigenvalue weighted by molar-refractivity contribution is 7.92. The van der Waals surface area contributed by atoms with E-state index in [4.69, 9.17) is 10.5 Å². The van der Waals surface area contributed by atoms with E-state index in [1.54, 1.807) is 0 Å². The number of ether oxygens (including phenoxy) is 1. The van der Waals surface area contributed by atoms with Crippen molar-refractivity contribution in [1.29, 1.82) is 0 Å². The van der Waals surface area contributed by atoms with E-state index in [2.05, 4.69) is 4.72 Å². The number of hydrogen-bond acceptors (Lipinski definition) is 6. The third-order valence-electron chi connectivity index (χ3n) is 4.62. The fraction of sp³-hybridized carbons (Fsp3) is 0.278. The normalized spacial score (nSPS) is 15.7. The molecule has 1 aliphatic heterocycles. The second-order valence-corrected chi connectivity index (χ2v) is 10.2. The van der Waals surface area contributed by atoms with E-state index in [1.807, 2.05) is 0 Å². The summed E-state index contributed by atoms with van der Waals surface area (Å²) >= 11 is 0. The Balaban J connectivity index is 1.88. The predicted molar refractivity (Wildman–Crippen MR) is 106 cm³/mol. The first-order valence-corrected chi connectivity index (χ1v) is 11.8. The van der Waals surface area contributed by atoms with Crippen LogP contribution < -0.4 is 10.5 Å². The molecule has 30 heavy (non-hydrogen) atoms. The highest BCUT2D eigenvalue weighted by Gasteiger charge is 2.27. The molecule has 2 aromatic carbocycles. The molecule has 0 spiro atoms. The molecule has 3 rings (SSSR count). The maximum atomic E-state index is 14.0. The van der Waals surface area contributed by atoms with E-state index in [9.17, 15) is 26.0 Å². The fourth-order valence-electron chi connectivity index (χ4n) is 2.86. The Bertz CT molecular complexity index is 1180. The summed E-state index contributed by atoms with van der Waals surface area (Å²) in [6.07, 6.45) is 0. The van der Waals surface area contributed by atoms with Crippen LogP contribution in [0.4, 0.5) is 10.1 Å². The maximum Gasteiger partial charge on any atom is 0.261 e. The van der Waals surface area contributed by atoms with Crippen molar-refractivity contribution < 1.29 is 30.8 Å². The van der Waals surface area contributed by atoms with Crippen LogP contribution in [0, 0.1) is 12.7 Å². The number of amides is 1. The van der Waals surface area contributed by atoms with Gasteiger partial charge in [0.25, 0.3) is 10.0 Å². The quantitative estimate of drug-likeness (QED) is 0.666. The molecule has 0 aromatic heterocycles. The number of nitrogens with one attached hydrogen (secondary N) is 1. The van der Waals surface area contributed by atoms with E-state index in [0.717, 1.165) is 24.3 Å². The van der Waals surface area contributed by atoms with Crippen LogP contribution >= 0.6 is 0 Å². The summed E-state index contributed by atoms with van der Waals surface area (Å²) in [5.41, 5.74) is 4.79.